The standard InChI is InChI=1S/C21H17F3N4O3S/c22-21(23,24)20-27-19(28-31-20)9-8-14-4-3-5-16(12-14)32(29,30)26-11-10-15-13-25-18-7-2-1-6-17(15)18/h1-9,12-13,25-26H,10-11H2/b9-8+. The summed E-state index contributed by atoms with van der Waals surface area (Å²) in [6.07, 6.45) is 0.227. The quantitative estimate of drug-likeness (QED) is 0.427. The van der Waals surface area contributed by atoms with Crippen molar-refractivity contribution in [2.45, 2.75) is 17.5 Å². The third-order valence-corrected chi connectivity index (χ3v) is 6.10. The Morgan fingerprint density at radius 1 is 1.09 bits per heavy atom. The number of halogens is 3. The average molecular weight is 462 g/mol. The number of sulfonamides is 1. The fourth-order valence-electron chi connectivity index (χ4n) is 3.12. The van der Waals surface area contributed by atoms with Gasteiger partial charge < -0.3 is 9.51 Å². The number of alkyl halides is 3. The van der Waals surface area contributed by atoms with E-state index in [4.69, 9.17) is 0 Å². The smallest absolute Gasteiger partial charge is 0.361 e. The number of aromatic nitrogens is 3. The number of benzene rings is 2. The third kappa shape index (κ3) is 4.89. The molecular weight excluding hydrogens is 445 g/mol. The van der Waals surface area contributed by atoms with Crippen LogP contribution in [-0.4, -0.2) is 30.1 Å². The monoisotopic (exact) mass is 462 g/mol. The van der Waals surface area contributed by atoms with Gasteiger partial charge in [0.2, 0.25) is 10.0 Å². The number of hydrogen-bond acceptors (Lipinski definition) is 5. The second-order valence-corrected chi connectivity index (χ2v) is 8.64. The van der Waals surface area contributed by atoms with Crippen LogP contribution in [-0.2, 0) is 22.6 Å². The van der Waals surface area contributed by atoms with Gasteiger partial charge in [-0.05, 0) is 41.8 Å². The van der Waals surface area contributed by atoms with Gasteiger partial charge in [0.25, 0.3) is 0 Å². The molecule has 0 amide bonds. The number of para-hydroxylation sites is 1. The summed E-state index contributed by atoms with van der Waals surface area (Å²) in [6.45, 7) is 0.202. The molecule has 32 heavy (non-hydrogen) atoms. The Labute approximate surface area is 181 Å². The van der Waals surface area contributed by atoms with Crippen LogP contribution >= 0.6 is 0 Å². The first-order chi connectivity index (χ1) is 15.2. The lowest BCUT2D eigenvalue weighted by molar-refractivity contribution is -0.159. The van der Waals surface area contributed by atoms with Crippen LogP contribution in [0.2, 0.25) is 0 Å². The summed E-state index contributed by atoms with van der Waals surface area (Å²) in [5.41, 5.74) is 2.43. The van der Waals surface area contributed by atoms with E-state index in [-0.39, 0.29) is 17.3 Å². The predicted molar refractivity (Wildman–Crippen MR) is 112 cm³/mol. The van der Waals surface area contributed by atoms with Crippen LogP contribution in [0.3, 0.4) is 0 Å². The second-order valence-electron chi connectivity index (χ2n) is 6.87. The normalized spacial score (nSPS) is 12.7. The number of hydrogen-bond donors (Lipinski definition) is 2. The molecule has 11 heteroatoms. The van der Waals surface area contributed by atoms with Crippen molar-refractivity contribution in [1.29, 1.82) is 0 Å². The number of nitrogens with one attached hydrogen (secondary N) is 2. The predicted octanol–water partition coefficient (Wildman–Crippen LogP) is 4.26. The first-order valence-corrected chi connectivity index (χ1v) is 10.9. The zero-order valence-electron chi connectivity index (χ0n) is 16.4. The molecule has 0 fully saturated rings. The highest BCUT2D eigenvalue weighted by molar-refractivity contribution is 7.89. The summed E-state index contributed by atoms with van der Waals surface area (Å²) in [5.74, 6) is -1.73. The number of rotatable bonds is 7. The molecule has 7 nitrogen and oxygen atoms in total. The van der Waals surface area contributed by atoms with Crippen molar-refractivity contribution < 1.29 is 26.1 Å². The molecule has 0 aliphatic carbocycles. The van der Waals surface area contributed by atoms with Crippen molar-refractivity contribution in [2.75, 3.05) is 6.54 Å². The lowest BCUT2D eigenvalue weighted by Gasteiger charge is -2.07. The lowest BCUT2D eigenvalue weighted by atomic mass is 10.1. The zero-order valence-corrected chi connectivity index (χ0v) is 17.2. The highest BCUT2D eigenvalue weighted by Gasteiger charge is 2.38. The second kappa shape index (κ2) is 8.60. The van der Waals surface area contributed by atoms with Crippen molar-refractivity contribution in [2.24, 2.45) is 0 Å². The molecule has 0 aliphatic rings. The molecule has 2 aromatic carbocycles. The molecule has 0 aliphatic heterocycles. The Kier molecular flexibility index (Phi) is 5.85. The van der Waals surface area contributed by atoms with E-state index >= 15 is 0 Å². The maximum atomic E-state index is 12.7. The van der Waals surface area contributed by atoms with E-state index in [2.05, 4.69) is 24.4 Å². The summed E-state index contributed by atoms with van der Waals surface area (Å²) in [6, 6.07) is 13.7. The van der Waals surface area contributed by atoms with Crippen LogP contribution in [0, 0.1) is 0 Å². The van der Waals surface area contributed by atoms with Crippen molar-refractivity contribution in [3.63, 3.8) is 0 Å². The molecule has 0 saturated carbocycles. The van der Waals surface area contributed by atoms with Crippen molar-refractivity contribution in [3.8, 4) is 0 Å². The molecule has 0 radical (unpaired) electrons. The van der Waals surface area contributed by atoms with Crippen LogP contribution in [0.4, 0.5) is 13.2 Å². The number of nitrogens with zero attached hydrogens (tertiary/aromatic N) is 2. The highest BCUT2D eigenvalue weighted by Crippen LogP contribution is 2.27. The minimum Gasteiger partial charge on any atom is -0.361 e. The molecule has 0 unspecified atom stereocenters. The Balaban J connectivity index is 1.42. The zero-order chi connectivity index (χ0) is 22.8. The third-order valence-electron chi connectivity index (χ3n) is 4.64. The summed E-state index contributed by atoms with van der Waals surface area (Å²) < 4.78 is 69.6. The molecule has 0 saturated heterocycles. The fourth-order valence-corrected chi connectivity index (χ4v) is 4.20. The van der Waals surface area contributed by atoms with E-state index in [1.54, 1.807) is 6.07 Å². The molecule has 2 N–H and O–H groups in total. The molecule has 166 valence electrons. The van der Waals surface area contributed by atoms with Crippen LogP contribution in [0.15, 0.2) is 64.1 Å². The van der Waals surface area contributed by atoms with Crippen molar-refractivity contribution >= 4 is 33.1 Å². The topological polar surface area (TPSA) is 101 Å². The molecule has 0 atom stereocenters. The van der Waals surface area contributed by atoms with Gasteiger partial charge in [-0.2, -0.15) is 18.2 Å². The molecular formula is C21H17F3N4O3S. The number of H-pyrrole nitrogens is 1. The van der Waals surface area contributed by atoms with Crippen LogP contribution in [0.5, 0.6) is 0 Å². The van der Waals surface area contributed by atoms with Crippen LogP contribution in [0.1, 0.15) is 22.8 Å². The van der Waals surface area contributed by atoms with Gasteiger partial charge in [0.15, 0.2) is 5.82 Å². The van der Waals surface area contributed by atoms with Gasteiger partial charge in [-0.1, -0.05) is 41.6 Å². The minimum absolute atomic E-state index is 0.0302. The first-order valence-electron chi connectivity index (χ1n) is 9.46. The number of aromatic amines is 1. The van der Waals surface area contributed by atoms with E-state index < -0.39 is 22.1 Å². The maximum Gasteiger partial charge on any atom is 0.471 e. The van der Waals surface area contributed by atoms with E-state index in [9.17, 15) is 21.6 Å². The van der Waals surface area contributed by atoms with Gasteiger partial charge in [-0.25, -0.2) is 13.1 Å². The summed E-state index contributed by atoms with van der Waals surface area (Å²) in [4.78, 5) is 6.41. The van der Waals surface area contributed by atoms with Gasteiger partial charge in [-0.15, -0.1) is 0 Å². The fraction of sp³-hybridized carbons (Fsp3) is 0.143. The highest BCUT2D eigenvalue weighted by atomic mass is 32.2. The molecule has 4 rings (SSSR count). The summed E-state index contributed by atoms with van der Waals surface area (Å²) in [7, 11) is -3.78. The SMILES string of the molecule is O=S(=O)(NCCc1c[nH]c2ccccc12)c1cccc(/C=C/c2noc(C(F)(F)F)n2)c1. The molecule has 0 bridgehead atoms. The van der Waals surface area contributed by atoms with Gasteiger partial charge >= 0.3 is 12.1 Å². The Morgan fingerprint density at radius 2 is 1.91 bits per heavy atom. The van der Waals surface area contributed by atoms with E-state index in [1.807, 2.05) is 30.5 Å². The Morgan fingerprint density at radius 3 is 2.69 bits per heavy atom. The minimum atomic E-state index is -4.73. The summed E-state index contributed by atoms with van der Waals surface area (Å²) in [5, 5.41) is 4.27. The van der Waals surface area contributed by atoms with Gasteiger partial charge in [0.1, 0.15) is 0 Å². The number of fused-ring (bicyclic) bond motifs is 1. The molecule has 2 heterocycles. The average Bonchev–Trinajstić information content (AvgIpc) is 3.40. The molecule has 4 aromatic rings. The van der Waals surface area contributed by atoms with Crippen LogP contribution < -0.4 is 4.72 Å². The van der Waals surface area contributed by atoms with Gasteiger partial charge in [0, 0.05) is 23.6 Å². The van der Waals surface area contributed by atoms with Crippen molar-refractivity contribution in [1.82, 2.24) is 19.8 Å². The molecule has 0 spiro atoms. The van der Waals surface area contributed by atoms with Crippen LogP contribution in [0.25, 0.3) is 23.1 Å². The van der Waals surface area contributed by atoms with E-state index in [0.717, 1.165) is 16.5 Å². The summed E-state index contributed by atoms with van der Waals surface area (Å²) >= 11 is 0. The maximum absolute atomic E-state index is 12.7. The molecule has 2 aromatic heterocycles. The lowest BCUT2D eigenvalue weighted by Crippen LogP contribution is -2.26. The Hall–Kier alpha value is -3.44. The first kappa shape index (κ1) is 21.8. The van der Waals surface area contributed by atoms with E-state index in [1.165, 1.54) is 30.4 Å². The largest absolute Gasteiger partial charge is 0.471 e. The Bertz CT molecular complexity index is 1370. The van der Waals surface area contributed by atoms with Gasteiger partial charge in [-0.3, -0.25) is 0 Å². The van der Waals surface area contributed by atoms with Gasteiger partial charge in [0.05, 0.1) is 4.90 Å². The van der Waals surface area contributed by atoms with E-state index in [0.29, 0.717) is 12.0 Å². The van der Waals surface area contributed by atoms with Crippen molar-refractivity contribution in [3.05, 3.63) is 77.6 Å².